The maximum Gasteiger partial charge on any atom is 0.0731 e. The lowest BCUT2D eigenvalue weighted by molar-refractivity contribution is 0.633. The van der Waals surface area contributed by atoms with E-state index in [9.17, 15) is 0 Å². The third-order valence-corrected chi connectivity index (χ3v) is 20.3. The van der Waals surface area contributed by atoms with Crippen molar-refractivity contribution in [1.82, 2.24) is 0 Å². The first-order chi connectivity index (χ1) is 42.7. The Labute approximate surface area is 508 Å². The third kappa shape index (κ3) is 6.65. The molecule has 2 heterocycles. The molecule has 0 unspecified atom stereocenters. The largest absolute Gasteiger partial charge is 0.310 e. The van der Waals surface area contributed by atoms with Gasteiger partial charge in [-0.1, -0.05) is 258 Å². The van der Waals surface area contributed by atoms with Gasteiger partial charge in [-0.25, -0.2) is 0 Å². The fraction of sp³-hybridized carbons (Fsp3) is 0.0824. The van der Waals surface area contributed by atoms with Crippen LogP contribution in [0.25, 0.3) is 88.0 Å². The van der Waals surface area contributed by atoms with Crippen molar-refractivity contribution in [2.45, 2.75) is 43.9 Å². The minimum atomic E-state index is -0.615. The average Bonchev–Trinajstić information content (AvgIpc) is 1.53. The molecule has 1 spiro atoms. The standard InChI is InChI=1S/C85H60N2/c1-83(2)72-45-19-21-47-74(72)86(54-28-7-5-8-29-54)76-49-25-40-63(80(76)83)57-36-23-38-61-66(57)52-67-58(64-41-26-50-77-81(64)84(3,4)73-46-20-22-48-75(73)87(77)55-30-9-6-10-31-55)37-24-39-62(67)78(61)68-51-53-27-11-12-32-56(53)79-65-35-15-18-44-71(65)85(82(68)79)69-42-16-13-33-59(69)60-34-14-17-43-70(60)85/h5-52H,1-4H3. The summed E-state index contributed by atoms with van der Waals surface area (Å²) < 4.78 is 0. The minimum Gasteiger partial charge on any atom is -0.310 e. The summed E-state index contributed by atoms with van der Waals surface area (Å²) in [6, 6.07) is 111. The van der Waals surface area contributed by atoms with Crippen molar-refractivity contribution in [1.29, 1.82) is 0 Å². The molecule has 0 radical (unpaired) electrons. The molecule has 0 bridgehead atoms. The summed E-state index contributed by atoms with van der Waals surface area (Å²) in [6.45, 7) is 9.74. The van der Waals surface area contributed by atoms with E-state index in [1.807, 2.05) is 0 Å². The van der Waals surface area contributed by atoms with E-state index < -0.39 is 5.41 Å². The van der Waals surface area contributed by atoms with Crippen LogP contribution in [0, 0.1) is 0 Å². The van der Waals surface area contributed by atoms with E-state index >= 15 is 0 Å². The zero-order valence-electron chi connectivity index (χ0n) is 49.1. The van der Waals surface area contributed by atoms with Crippen LogP contribution >= 0.6 is 0 Å². The van der Waals surface area contributed by atoms with E-state index in [1.165, 1.54) is 155 Å². The maximum atomic E-state index is 2.58. The molecule has 2 nitrogen and oxygen atoms in total. The Balaban J connectivity index is 1.01. The van der Waals surface area contributed by atoms with Crippen LogP contribution in [0.3, 0.4) is 0 Å². The van der Waals surface area contributed by atoms with Gasteiger partial charge in [0.05, 0.1) is 28.2 Å². The predicted octanol–water partition coefficient (Wildman–Crippen LogP) is 22.7. The average molecular weight is 1110 g/mol. The highest BCUT2D eigenvalue weighted by molar-refractivity contribution is 6.22. The summed E-state index contributed by atoms with van der Waals surface area (Å²) in [7, 11) is 0. The van der Waals surface area contributed by atoms with Crippen LogP contribution in [0.4, 0.5) is 34.1 Å². The molecular formula is C85H60N2. The Hall–Kier alpha value is -10.5. The Bertz CT molecular complexity index is 4980. The van der Waals surface area contributed by atoms with Gasteiger partial charge in [-0.05, 0) is 193 Å². The van der Waals surface area contributed by atoms with E-state index in [0.29, 0.717) is 0 Å². The summed E-state index contributed by atoms with van der Waals surface area (Å²) in [6.07, 6.45) is 0. The first-order valence-electron chi connectivity index (χ1n) is 30.8. The molecule has 410 valence electrons. The third-order valence-electron chi connectivity index (χ3n) is 20.3. The van der Waals surface area contributed by atoms with Crippen LogP contribution in [-0.4, -0.2) is 0 Å². The van der Waals surface area contributed by atoms with Gasteiger partial charge in [0.1, 0.15) is 0 Å². The minimum absolute atomic E-state index is 0.364. The van der Waals surface area contributed by atoms with Gasteiger partial charge in [0.15, 0.2) is 0 Å². The summed E-state index contributed by atoms with van der Waals surface area (Å²) in [5.74, 6) is 0. The Morgan fingerprint density at radius 1 is 0.230 bits per heavy atom. The fourth-order valence-electron chi connectivity index (χ4n) is 16.9. The highest BCUT2D eigenvalue weighted by Crippen LogP contribution is 2.67. The van der Waals surface area contributed by atoms with Crippen molar-refractivity contribution in [3.05, 3.63) is 336 Å². The summed E-state index contributed by atoms with van der Waals surface area (Å²) in [4.78, 5) is 4.99. The van der Waals surface area contributed by atoms with Crippen molar-refractivity contribution in [3.63, 3.8) is 0 Å². The number of hydrogen-bond acceptors (Lipinski definition) is 2. The molecule has 0 saturated carbocycles. The van der Waals surface area contributed by atoms with Crippen LogP contribution in [0.2, 0.25) is 0 Å². The van der Waals surface area contributed by atoms with Gasteiger partial charge in [-0.3, -0.25) is 0 Å². The highest BCUT2D eigenvalue weighted by atomic mass is 15.2. The molecule has 0 atom stereocenters. The van der Waals surface area contributed by atoms with Crippen molar-refractivity contribution < 1.29 is 0 Å². The van der Waals surface area contributed by atoms with Crippen LogP contribution < -0.4 is 9.80 Å². The Kier molecular flexibility index (Phi) is 10.4. The molecule has 0 aromatic heterocycles. The molecule has 14 aromatic carbocycles. The number of benzene rings is 14. The molecule has 0 amide bonds. The zero-order valence-corrected chi connectivity index (χ0v) is 49.1. The second-order valence-electron chi connectivity index (χ2n) is 25.4. The smallest absolute Gasteiger partial charge is 0.0731 e. The lowest BCUT2D eigenvalue weighted by Gasteiger charge is -2.43. The quantitative estimate of drug-likeness (QED) is 0.159. The van der Waals surface area contributed by atoms with Gasteiger partial charge in [0.2, 0.25) is 0 Å². The highest BCUT2D eigenvalue weighted by Gasteiger charge is 2.53. The van der Waals surface area contributed by atoms with E-state index in [4.69, 9.17) is 0 Å². The van der Waals surface area contributed by atoms with Crippen LogP contribution in [0.5, 0.6) is 0 Å². The van der Waals surface area contributed by atoms with E-state index in [1.54, 1.807) is 0 Å². The summed E-state index contributed by atoms with van der Waals surface area (Å²) in [5.41, 5.74) is 29.0. The van der Waals surface area contributed by atoms with E-state index in [0.717, 1.165) is 11.4 Å². The van der Waals surface area contributed by atoms with Crippen LogP contribution in [0.1, 0.15) is 72.2 Å². The Morgan fingerprint density at radius 2 is 0.598 bits per heavy atom. The van der Waals surface area contributed by atoms with Crippen LogP contribution in [-0.2, 0) is 16.2 Å². The first kappa shape index (κ1) is 49.8. The lowest BCUT2D eigenvalue weighted by atomic mass is 9.67. The van der Waals surface area contributed by atoms with E-state index in [2.05, 4.69) is 329 Å². The molecule has 0 fully saturated rings. The monoisotopic (exact) mass is 1110 g/mol. The zero-order chi connectivity index (χ0) is 57.9. The molecule has 2 heteroatoms. The van der Waals surface area contributed by atoms with Gasteiger partial charge in [-0.2, -0.15) is 0 Å². The number of nitrogens with zero attached hydrogens (tertiary/aromatic N) is 2. The summed E-state index contributed by atoms with van der Waals surface area (Å²) >= 11 is 0. The number of anilines is 6. The maximum absolute atomic E-state index is 2.58. The second kappa shape index (κ2) is 18.2. The number of hydrogen-bond donors (Lipinski definition) is 0. The summed E-state index contributed by atoms with van der Waals surface area (Å²) in [5, 5.41) is 7.41. The van der Waals surface area contributed by atoms with Crippen molar-refractivity contribution in [2.24, 2.45) is 0 Å². The van der Waals surface area contributed by atoms with E-state index in [-0.39, 0.29) is 10.8 Å². The van der Waals surface area contributed by atoms with Gasteiger partial charge in [0.25, 0.3) is 0 Å². The van der Waals surface area contributed by atoms with Gasteiger partial charge in [0, 0.05) is 22.2 Å². The molecule has 0 saturated heterocycles. The second-order valence-corrected chi connectivity index (χ2v) is 25.4. The molecule has 0 N–H and O–H groups in total. The predicted molar refractivity (Wildman–Crippen MR) is 365 cm³/mol. The van der Waals surface area contributed by atoms with Gasteiger partial charge < -0.3 is 9.80 Å². The molecule has 2 aliphatic carbocycles. The molecule has 87 heavy (non-hydrogen) atoms. The number of para-hydroxylation sites is 4. The normalized spacial score (nSPS) is 14.9. The SMILES string of the molecule is CC1(C)c2ccccc2N(c2ccccc2)c2cccc(-c3cccc4c(-c5cc6ccccc6c6c5C5(c7ccccc7-c7ccccc75)c5ccccc5-6)c5cccc(-c6cccc7c6C(C)(C)c6ccccc6N7c6ccccc6)c5cc34)c21. The molecule has 4 aliphatic rings. The molecule has 14 aromatic rings. The first-order valence-corrected chi connectivity index (χ1v) is 30.8. The lowest BCUT2D eigenvalue weighted by Crippen LogP contribution is -2.31. The van der Waals surface area contributed by atoms with Crippen molar-refractivity contribution in [3.8, 4) is 55.6 Å². The Morgan fingerprint density at radius 3 is 1.11 bits per heavy atom. The fourth-order valence-corrected chi connectivity index (χ4v) is 16.9. The van der Waals surface area contributed by atoms with Crippen LogP contribution in [0.15, 0.2) is 291 Å². The van der Waals surface area contributed by atoms with Gasteiger partial charge in [-0.15, -0.1) is 0 Å². The molecule has 2 aliphatic heterocycles. The molecule has 18 rings (SSSR count). The van der Waals surface area contributed by atoms with Crippen molar-refractivity contribution in [2.75, 3.05) is 9.80 Å². The number of fused-ring (bicyclic) bond motifs is 18. The molecular weight excluding hydrogens is 1050 g/mol. The topological polar surface area (TPSA) is 6.48 Å². The number of rotatable bonds is 5. The van der Waals surface area contributed by atoms with Gasteiger partial charge >= 0.3 is 0 Å². The van der Waals surface area contributed by atoms with Crippen molar-refractivity contribution >= 4 is 66.4 Å².